The van der Waals surface area contributed by atoms with E-state index >= 15 is 0 Å². The summed E-state index contributed by atoms with van der Waals surface area (Å²) in [5.74, 6) is -0.0583. The van der Waals surface area contributed by atoms with E-state index in [0.717, 1.165) is 0 Å². The molecule has 0 radical (unpaired) electrons. The van der Waals surface area contributed by atoms with Gasteiger partial charge in [0.15, 0.2) is 0 Å². The molecule has 22 heavy (non-hydrogen) atoms. The quantitative estimate of drug-likeness (QED) is 0.797. The maximum absolute atomic E-state index is 12.3. The Morgan fingerprint density at radius 3 is 2.36 bits per heavy atom. The minimum atomic E-state index is -0.641. The second-order valence-electron chi connectivity index (χ2n) is 5.74. The molecule has 0 saturated heterocycles. The Morgan fingerprint density at radius 1 is 1.14 bits per heavy atom. The van der Waals surface area contributed by atoms with Crippen molar-refractivity contribution in [3.63, 3.8) is 0 Å². The van der Waals surface area contributed by atoms with Gasteiger partial charge in [-0.15, -0.1) is 0 Å². The van der Waals surface area contributed by atoms with Gasteiger partial charge in [0, 0.05) is 6.20 Å². The molecular formula is C16H19NO5. The lowest BCUT2D eigenvalue weighted by Crippen LogP contribution is -2.26. The third kappa shape index (κ3) is 2.90. The minimum absolute atomic E-state index is 0.251. The van der Waals surface area contributed by atoms with E-state index in [-0.39, 0.29) is 5.56 Å². The summed E-state index contributed by atoms with van der Waals surface area (Å²) in [5, 5.41) is 0.516. The summed E-state index contributed by atoms with van der Waals surface area (Å²) in [6.07, 6.45) is 0.841. The Bertz CT molecular complexity index is 724. The molecule has 0 aliphatic heterocycles. The summed E-state index contributed by atoms with van der Waals surface area (Å²) in [6.45, 7) is 5.33. The van der Waals surface area contributed by atoms with E-state index in [1.54, 1.807) is 39.0 Å². The van der Waals surface area contributed by atoms with Gasteiger partial charge in [0.2, 0.25) is 0 Å². The highest BCUT2D eigenvalue weighted by atomic mass is 16.6. The number of hydrogen-bond acceptors (Lipinski definition) is 5. The Labute approximate surface area is 128 Å². The molecule has 6 nitrogen and oxygen atoms in total. The van der Waals surface area contributed by atoms with E-state index in [1.807, 2.05) is 0 Å². The normalized spacial score (nSPS) is 11.3. The van der Waals surface area contributed by atoms with Gasteiger partial charge in [-0.3, -0.25) is 4.57 Å². The first-order valence-electron chi connectivity index (χ1n) is 6.78. The van der Waals surface area contributed by atoms with Crippen molar-refractivity contribution in [3.8, 4) is 5.75 Å². The number of hydrogen-bond donors (Lipinski definition) is 0. The molecule has 1 heterocycles. The van der Waals surface area contributed by atoms with Gasteiger partial charge >= 0.3 is 12.1 Å². The van der Waals surface area contributed by atoms with Crippen LogP contribution in [0, 0.1) is 0 Å². The molecule has 0 spiro atoms. The first-order chi connectivity index (χ1) is 10.3. The molecule has 118 valence electrons. The lowest BCUT2D eigenvalue weighted by atomic mass is 10.1. The van der Waals surface area contributed by atoms with Crippen molar-refractivity contribution in [1.29, 1.82) is 0 Å². The molecule has 2 rings (SSSR count). The number of rotatable bonds is 2. The number of esters is 1. The van der Waals surface area contributed by atoms with E-state index in [0.29, 0.717) is 16.7 Å². The van der Waals surface area contributed by atoms with Gasteiger partial charge in [-0.1, -0.05) is 6.07 Å². The van der Waals surface area contributed by atoms with Gasteiger partial charge in [-0.25, -0.2) is 9.59 Å². The monoisotopic (exact) mass is 305 g/mol. The Balaban J connectivity index is 2.66. The second kappa shape index (κ2) is 5.71. The summed E-state index contributed by atoms with van der Waals surface area (Å²) in [5.41, 5.74) is 0.132. The molecule has 0 amide bonds. The van der Waals surface area contributed by atoms with Crippen LogP contribution in [0.5, 0.6) is 5.75 Å². The lowest BCUT2D eigenvalue weighted by Gasteiger charge is -2.19. The second-order valence-corrected chi connectivity index (χ2v) is 5.74. The summed E-state index contributed by atoms with van der Waals surface area (Å²) in [6, 6.07) is 5.17. The lowest BCUT2D eigenvalue weighted by molar-refractivity contribution is 0.0544. The van der Waals surface area contributed by atoms with Crippen LogP contribution < -0.4 is 4.74 Å². The number of carbonyl (C=O) groups is 2. The molecule has 0 N–H and O–H groups in total. The maximum atomic E-state index is 12.3. The topological polar surface area (TPSA) is 66.8 Å². The van der Waals surface area contributed by atoms with Crippen molar-refractivity contribution in [2.24, 2.45) is 0 Å². The third-order valence-corrected chi connectivity index (χ3v) is 3.01. The number of fused-ring (bicyclic) bond motifs is 1. The molecule has 1 aromatic carbocycles. The molecule has 1 aromatic heterocycles. The van der Waals surface area contributed by atoms with E-state index in [2.05, 4.69) is 0 Å². The van der Waals surface area contributed by atoms with Gasteiger partial charge in [0.05, 0.1) is 30.7 Å². The van der Waals surface area contributed by atoms with Crippen molar-refractivity contribution >= 4 is 23.0 Å². The van der Waals surface area contributed by atoms with Gasteiger partial charge in [0.1, 0.15) is 11.4 Å². The SMILES string of the molecule is COC(=O)c1cn(C(=O)OC(C)(C)C)c2cccc(OC)c12. The van der Waals surface area contributed by atoms with Crippen molar-refractivity contribution in [1.82, 2.24) is 4.57 Å². The van der Waals surface area contributed by atoms with Crippen LogP contribution in [-0.2, 0) is 9.47 Å². The van der Waals surface area contributed by atoms with Gasteiger partial charge in [-0.05, 0) is 32.9 Å². The van der Waals surface area contributed by atoms with E-state index in [4.69, 9.17) is 14.2 Å². The van der Waals surface area contributed by atoms with Crippen LogP contribution in [0.4, 0.5) is 4.79 Å². The third-order valence-electron chi connectivity index (χ3n) is 3.01. The summed E-state index contributed by atoms with van der Waals surface area (Å²) < 4.78 is 16.7. The van der Waals surface area contributed by atoms with E-state index in [9.17, 15) is 9.59 Å². The maximum Gasteiger partial charge on any atom is 0.419 e. The summed E-state index contributed by atoms with van der Waals surface area (Å²) in [7, 11) is 2.79. The molecule has 0 fully saturated rings. The van der Waals surface area contributed by atoms with Crippen LogP contribution in [0.3, 0.4) is 0 Å². The molecule has 6 heteroatoms. The predicted octanol–water partition coefficient (Wildman–Crippen LogP) is 3.22. The van der Waals surface area contributed by atoms with Gasteiger partial charge in [0.25, 0.3) is 0 Å². The smallest absolute Gasteiger partial charge is 0.419 e. The fraction of sp³-hybridized carbons (Fsp3) is 0.375. The molecule has 2 aromatic rings. The molecule has 0 atom stereocenters. The molecule has 0 aliphatic carbocycles. The Morgan fingerprint density at radius 2 is 1.82 bits per heavy atom. The van der Waals surface area contributed by atoms with Crippen molar-refractivity contribution in [2.75, 3.05) is 14.2 Å². The molecule has 0 aliphatic rings. The van der Waals surface area contributed by atoms with Crippen LogP contribution in [0.15, 0.2) is 24.4 Å². The fourth-order valence-electron chi connectivity index (χ4n) is 2.15. The minimum Gasteiger partial charge on any atom is -0.496 e. The number of benzene rings is 1. The average Bonchev–Trinajstić information content (AvgIpc) is 2.84. The first-order valence-corrected chi connectivity index (χ1v) is 6.78. The number of ether oxygens (including phenoxy) is 3. The van der Waals surface area contributed by atoms with Crippen LogP contribution in [0.25, 0.3) is 10.9 Å². The predicted molar refractivity (Wildman–Crippen MR) is 81.5 cm³/mol. The van der Waals surface area contributed by atoms with Crippen molar-refractivity contribution < 1.29 is 23.8 Å². The molecular weight excluding hydrogens is 286 g/mol. The largest absolute Gasteiger partial charge is 0.496 e. The first kappa shape index (κ1) is 15.9. The Hall–Kier alpha value is -2.50. The number of carbonyl (C=O) groups excluding carboxylic acids is 2. The fourth-order valence-corrected chi connectivity index (χ4v) is 2.15. The number of nitrogens with zero attached hydrogens (tertiary/aromatic N) is 1. The highest BCUT2D eigenvalue weighted by Crippen LogP contribution is 2.31. The average molecular weight is 305 g/mol. The highest BCUT2D eigenvalue weighted by molar-refractivity contribution is 6.09. The summed E-state index contributed by atoms with van der Waals surface area (Å²) >= 11 is 0. The van der Waals surface area contributed by atoms with E-state index < -0.39 is 17.7 Å². The zero-order chi connectivity index (χ0) is 16.5. The molecule has 0 saturated carbocycles. The standard InChI is InChI=1S/C16H19NO5/c1-16(2,3)22-15(19)17-9-10(14(18)21-5)13-11(17)7-6-8-12(13)20-4/h6-9H,1-5H3. The highest BCUT2D eigenvalue weighted by Gasteiger charge is 2.24. The van der Waals surface area contributed by atoms with Crippen molar-refractivity contribution in [2.45, 2.75) is 26.4 Å². The van der Waals surface area contributed by atoms with Gasteiger partial charge in [-0.2, -0.15) is 0 Å². The van der Waals surface area contributed by atoms with Gasteiger partial charge < -0.3 is 14.2 Å². The molecule has 0 unspecified atom stereocenters. The number of aromatic nitrogens is 1. The van der Waals surface area contributed by atoms with Crippen LogP contribution in [-0.4, -0.2) is 36.5 Å². The zero-order valence-electron chi connectivity index (χ0n) is 13.3. The molecule has 0 bridgehead atoms. The number of methoxy groups -OCH3 is 2. The van der Waals surface area contributed by atoms with Crippen LogP contribution >= 0.6 is 0 Å². The zero-order valence-corrected chi connectivity index (χ0v) is 13.3. The van der Waals surface area contributed by atoms with Crippen LogP contribution in [0.1, 0.15) is 31.1 Å². The van der Waals surface area contributed by atoms with Crippen molar-refractivity contribution in [3.05, 3.63) is 30.0 Å². The Kier molecular flexibility index (Phi) is 4.12. The van der Waals surface area contributed by atoms with E-state index in [1.165, 1.54) is 25.0 Å². The summed E-state index contributed by atoms with van der Waals surface area (Å²) in [4.78, 5) is 24.3. The van der Waals surface area contributed by atoms with Crippen LogP contribution in [0.2, 0.25) is 0 Å².